The first-order chi connectivity index (χ1) is 28.2. The number of primary amides is 1. The van der Waals surface area contributed by atoms with Gasteiger partial charge in [-0.2, -0.15) is 0 Å². The van der Waals surface area contributed by atoms with E-state index in [2.05, 4.69) is 43.5 Å². The summed E-state index contributed by atoms with van der Waals surface area (Å²) < 4.78 is 126. The SMILES string of the molecule is NC(=O)CNC(=O)C1CSc2c(F)c(F)c(c(F)c2F)-c2c(F)c(F)c(c(F)c2F)SCC(NS)C(=O)NC(CCCN=C(N)N)C(=O)NC(CCCN=C(N)N)C(=O)N1. The van der Waals surface area contributed by atoms with Crippen molar-refractivity contribution in [2.24, 2.45) is 38.7 Å². The number of benzene rings is 2. The number of thioether (sulfide) groups is 2. The number of nitrogens with one attached hydrogen (secondary N) is 5. The molecule has 3 aliphatic heterocycles. The molecule has 0 aliphatic carbocycles. The molecule has 3 heterocycles. The number of halogens is 8. The fourth-order valence-corrected chi connectivity index (χ4v) is 7.60. The Morgan fingerprint density at radius 2 is 1.03 bits per heavy atom. The van der Waals surface area contributed by atoms with Gasteiger partial charge in [0.05, 0.1) is 27.5 Å². The van der Waals surface area contributed by atoms with Crippen LogP contribution in [-0.2, 0) is 24.0 Å². The largest absolute Gasteiger partial charge is 0.370 e. The van der Waals surface area contributed by atoms with E-state index in [1.807, 2.05) is 5.32 Å². The van der Waals surface area contributed by atoms with E-state index in [4.69, 9.17) is 28.7 Å². The van der Waals surface area contributed by atoms with Crippen molar-refractivity contribution in [1.29, 1.82) is 0 Å². The van der Waals surface area contributed by atoms with Crippen LogP contribution in [0.5, 0.6) is 0 Å². The summed E-state index contributed by atoms with van der Waals surface area (Å²) in [6.07, 6.45) is -0.528. The van der Waals surface area contributed by atoms with E-state index in [0.717, 1.165) is 0 Å². The molecule has 2 aromatic carbocycles. The van der Waals surface area contributed by atoms with Gasteiger partial charge in [-0.05, 0) is 25.7 Å². The minimum absolute atomic E-state index is 0.0149. The van der Waals surface area contributed by atoms with Gasteiger partial charge in [0.15, 0.2) is 58.5 Å². The molecular weight excluding hydrogens is 881 g/mol. The molecule has 15 N–H and O–H groups in total. The van der Waals surface area contributed by atoms with Gasteiger partial charge in [-0.15, -0.1) is 23.5 Å². The van der Waals surface area contributed by atoms with Crippen molar-refractivity contribution < 1.29 is 59.1 Å². The maximum atomic E-state index is 15.5. The number of amides is 5. The van der Waals surface area contributed by atoms with E-state index >= 15 is 35.1 Å². The second-order valence-electron chi connectivity index (χ2n) is 12.5. The lowest BCUT2D eigenvalue weighted by atomic mass is 10.0. The first-order valence-electron chi connectivity index (χ1n) is 17.2. The fraction of sp³-hybridized carbons (Fsp3) is 0.406. The molecule has 0 fully saturated rings. The highest BCUT2D eigenvalue weighted by atomic mass is 32.2. The minimum atomic E-state index is -2.51. The smallest absolute Gasteiger partial charge is 0.243 e. The number of hydrogen-bond acceptors (Lipinski definition) is 11. The predicted molar refractivity (Wildman–Crippen MR) is 207 cm³/mol. The Morgan fingerprint density at radius 3 is 1.43 bits per heavy atom. The van der Waals surface area contributed by atoms with Crippen molar-refractivity contribution in [2.45, 2.75) is 59.6 Å². The quantitative estimate of drug-likeness (QED) is 0.0325. The zero-order valence-corrected chi connectivity index (χ0v) is 33.3. The van der Waals surface area contributed by atoms with E-state index in [9.17, 15) is 24.0 Å². The highest BCUT2D eigenvalue weighted by Gasteiger charge is 2.37. The Morgan fingerprint density at radius 1 is 0.633 bits per heavy atom. The summed E-state index contributed by atoms with van der Waals surface area (Å²) in [7, 11) is 0. The number of aliphatic imine (C=N–C) groups is 2. The van der Waals surface area contributed by atoms with Crippen LogP contribution in [0.3, 0.4) is 0 Å². The van der Waals surface area contributed by atoms with Gasteiger partial charge in [0, 0.05) is 24.6 Å². The Kier molecular flexibility index (Phi) is 18.3. The van der Waals surface area contributed by atoms with Crippen LogP contribution < -0.4 is 54.7 Å². The van der Waals surface area contributed by atoms with E-state index < -0.39 is 139 Å². The molecule has 0 saturated heterocycles. The summed E-state index contributed by atoms with van der Waals surface area (Å²) >= 11 is 3.62. The molecule has 17 nitrogen and oxygen atoms in total. The molecule has 0 aromatic heterocycles. The summed E-state index contributed by atoms with van der Waals surface area (Å²) in [6, 6.07) is -6.75. The van der Waals surface area contributed by atoms with Gasteiger partial charge in [0.25, 0.3) is 0 Å². The van der Waals surface area contributed by atoms with Crippen LogP contribution >= 0.6 is 36.3 Å². The maximum absolute atomic E-state index is 15.5. The monoisotopic (exact) mass is 918 g/mol. The number of nitrogens with zero attached hydrogens (tertiary/aromatic N) is 2. The van der Waals surface area contributed by atoms with Gasteiger partial charge in [0.1, 0.15) is 24.2 Å². The predicted octanol–water partition coefficient (Wildman–Crippen LogP) is -0.370. The average molecular weight is 919 g/mol. The lowest BCUT2D eigenvalue weighted by molar-refractivity contribution is -0.134. The summed E-state index contributed by atoms with van der Waals surface area (Å²) in [6.45, 7) is -1.02. The Hall–Kier alpha value is -5.22. The summed E-state index contributed by atoms with van der Waals surface area (Å²) in [5, 5.41) is 8.96. The van der Waals surface area contributed by atoms with Crippen LogP contribution in [0.25, 0.3) is 11.1 Å². The molecule has 28 heteroatoms. The van der Waals surface area contributed by atoms with Crippen molar-refractivity contribution in [1.82, 2.24) is 26.0 Å². The van der Waals surface area contributed by atoms with Crippen molar-refractivity contribution in [3.63, 3.8) is 0 Å². The van der Waals surface area contributed by atoms with E-state index in [-0.39, 0.29) is 74.2 Å². The summed E-state index contributed by atoms with van der Waals surface area (Å²) in [5.41, 5.74) is 22.1. The standard InChI is InChI=1S/C32H38F8N12O5S3/c33-17-15-16-19(35)23(39)26(24(40)20(16)36)60-9-13(52-58)30(57)50-10(3-1-5-46-31(42)43)28(55)49-11(4-2-6-47-32(44)45)29(56)51-12(27(54)48-7-14(41)53)8-59-25(21(17)37)22(38)18(15)34/h10-13,52,58H,1-9H2,(H2,41,53)(H,48,54)(H,49,55)(H,50,57)(H,51,56)(H4,42,43,46)(H4,44,45,47). The molecule has 330 valence electrons. The number of fused-ring (bicyclic) bond motifs is 2. The van der Waals surface area contributed by atoms with Gasteiger partial charge in [-0.1, -0.05) is 12.8 Å². The van der Waals surface area contributed by atoms with Gasteiger partial charge in [-0.25, -0.2) is 35.1 Å². The van der Waals surface area contributed by atoms with Gasteiger partial charge in [-0.3, -0.25) is 38.7 Å². The van der Waals surface area contributed by atoms with Gasteiger partial charge >= 0.3 is 0 Å². The van der Waals surface area contributed by atoms with Crippen LogP contribution in [-0.4, -0.2) is 96.8 Å². The molecule has 2 aromatic rings. The third kappa shape index (κ3) is 12.6. The maximum Gasteiger partial charge on any atom is 0.243 e. The first kappa shape index (κ1) is 49.1. The Balaban J connectivity index is 2.25. The molecule has 0 spiro atoms. The molecule has 0 saturated carbocycles. The fourth-order valence-electron chi connectivity index (χ4n) is 5.26. The zero-order valence-electron chi connectivity index (χ0n) is 30.8. The number of hydrogen-bond donors (Lipinski definition) is 11. The number of thiol groups is 1. The number of nitrogens with two attached hydrogens (primary N) is 5. The topological polar surface area (TPSA) is 300 Å². The minimum Gasteiger partial charge on any atom is -0.370 e. The highest BCUT2D eigenvalue weighted by Crippen LogP contribution is 2.42. The molecule has 3 aliphatic rings. The number of carbonyl (C=O) groups excluding carboxylic acids is 5. The zero-order chi connectivity index (χ0) is 45.0. The van der Waals surface area contributed by atoms with E-state index in [0.29, 0.717) is 0 Å². The molecular formula is C32H38F8N12O5S3. The summed E-state index contributed by atoms with van der Waals surface area (Å²) in [5.74, 6) is -27.3. The number of rotatable bonds is 12. The van der Waals surface area contributed by atoms with Crippen LogP contribution in [0, 0.1) is 46.5 Å². The molecule has 4 atom stereocenters. The normalized spacial score (nSPS) is 19.0. The van der Waals surface area contributed by atoms with Crippen molar-refractivity contribution >= 4 is 77.8 Å². The van der Waals surface area contributed by atoms with Gasteiger partial charge in [0.2, 0.25) is 29.5 Å². The van der Waals surface area contributed by atoms with Crippen molar-refractivity contribution in [3.05, 3.63) is 46.5 Å². The number of carbonyl (C=O) groups is 5. The lowest BCUT2D eigenvalue weighted by Crippen LogP contribution is -2.58. The van der Waals surface area contributed by atoms with Crippen LogP contribution in [0.1, 0.15) is 25.7 Å². The van der Waals surface area contributed by atoms with Gasteiger partial charge < -0.3 is 49.9 Å². The van der Waals surface area contributed by atoms with Crippen molar-refractivity contribution in [3.8, 4) is 11.1 Å². The first-order valence-corrected chi connectivity index (χ1v) is 19.6. The number of guanidine groups is 2. The lowest BCUT2D eigenvalue weighted by Gasteiger charge is -2.26. The molecule has 60 heavy (non-hydrogen) atoms. The van der Waals surface area contributed by atoms with E-state index in [1.165, 1.54) is 0 Å². The second-order valence-corrected chi connectivity index (χ2v) is 14.8. The molecule has 5 rings (SSSR count). The summed E-state index contributed by atoms with van der Waals surface area (Å²) in [4.78, 5) is 70.1. The molecule has 5 amide bonds. The molecule has 0 radical (unpaired) electrons. The van der Waals surface area contributed by atoms with E-state index in [1.54, 1.807) is 0 Å². The molecule has 4 unspecified atom stereocenters. The van der Waals surface area contributed by atoms with Crippen molar-refractivity contribution in [2.75, 3.05) is 31.1 Å². The second kappa shape index (κ2) is 22.4. The van der Waals surface area contributed by atoms with Crippen LogP contribution in [0.4, 0.5) is 35.1 Å². The average Bonchev–Trinajstić information content (AvgIpc) is 3.18. The molecule has 4 bridgehead atoms. The van der Waals surface area contributed by atoms with Crippen LogP contribution in [0.15, 0.2) is 19.8 Å². The van der Waals surface area contributed by atoms with Crippen LogP contribution in [0.2, 0.25) is 0 Å². The third-order valence-electron chi connectivity index (χ3n) is 8.18. The highest BCUT2D eigenvalue weighted by molar-refractivity contribution is 7.99. The Labute approximate surface area is 349 Å². The Bertz CT molecular complexity index is 1990. The third-order valence-corrected chi connectivity index (χ3v) is 10.8.